The Bertz CT molecular complexity index is 235. The van der Waals surface area contributed by atoms with E-state index in [9.17, 15) is 9.90 Å². The number of aliphatic carboxylic acids is 1. The Labute approximate surface area is 113 Å². The van der Waals surface area contributed by atoms with Crippen LogP contribution >= 0.6 is 0 Å². The zero-order valence-electron chi connectivity index (χ0n) is 6.82. The second-order valence-electron chi connectivity index (χ2n) is 1.97. The van der Waals surface area contributed by atoms with E-state index in [-0.39, 0.29) is 51.4 Å². The maximum atomic E-state index is 9.94. The fraction of sp³-hybridized carbons (Fsp3) is 0.125. The van der Waals surface area contributed by atoms with E-state index >= 15 is 0 Å². The van der Waals surface area contributed by atoms with Crippen LogP contribution in [0.15, 0.2) is 30.3 Å². The van der Waals surface area contributed by atoms with Crippen molar-refractivity contribution < 1.29 is 66.0 Å². The molecule has 4 heteroatoms. The Hall–Kier alpha value is 0.126. The molecule has 1 aromatic rings. The number of rotatable bonds is 3. The van der Waals surface area contributed by atoms with E-state index in [4.69, 9.17) is 4.74 Å². The number of carbonyl (C=O) groups excluding carboxylic acids is 1. The molecule has 0 aliphatic rings. The van der Waals surface area contributed by atoms with Crippen LogP contribution in [-0.2, 0) is 4.79 Å². The van der Waals surface area contributed by atoms with E-state index in [1.54, 1.807) is 24.3 Å². The monoisotopic (exact) mass is 190 g/mol. The van der Waals surface area contributed by atoms with Gasteiger partial charge in [-0.1, -0.05) is 18.2 Å². The van der Waals surface area contributed by atoms with Crippen LogP contribution < -0.4 is 61.2 Å². The van der Waals surface area contributed by atoms with E-state index in [0.29, 0.717) is 5.75 Å². The molecule has 0 amide bonds. The minimum atomic E-state index is -1.21. The number of benzene rings is 1. The summed E-state index contributed by atoms with van der Waals surface area (Å²) < 4.78 is 4.81. The Morgan fingerprint density at radius 3 is 2.42 bits per heavy atom. The Morgan fingerprint density at radius 2 is 1.92 bits per heavy atom. The molecule has 0 bridgehead atoms. The molecule has 0 atom stereocenters. The van der Waals surface area contributed by atoms with Gasteiger partial charge in [0.2, 0.25) is 0 Å². The van der Waals surface area contributed by atoms with Gasteiger partial charge in [0.15, 0.2) is 0 Å². The van der Waals surface area contributed by atoms with Crippen molar-refractivity contribution in [3.8, 4) is 5.75 Å². The minimum Gasteiger partial charge on any atom is -0.546 e. The van der Waals surface area contributed by atoms with Crippen molar-refractivity contribution in [1.29, 1.82) is 0 Å². The molecule has 0 radical (unpaired) electrons. The molecule has 0 aliphatic carbocycles. The second kappa shape index (κ2) is 6.62. The van der Waals surface area contributed by atoms with Crippen LogP contribution in [0, 0.1) is 0 Å². The van der Waals surface area contributed by atoms with Crippen molar-refractivity contribution in [2.24, 2.45) is 0 Å². The van der Waals surface area contributed by atoms with E-state index in [1.807, 2.05) is 6.07 Å². The fourth-order valence-electron chi connectivity index (χ4n) is 0.659. The second-order valence-corrected chi connectivity index (χ2v) is 1.97. The average molecular weight is 190 g/mol. The van der Waals surface area contributed by atoms with Crippen LogP contribution in [0.2, 0.25) is 0 Å². The van der Waals surface area contributed by atoms with Crippen molar-refractivity contribution in [2.45, 2.75) is 0 Å². The van der Waals surface area contributed by atoms with Crippen LogP contribution in [0.3, 0.4) is 0 Å². The SMILES string of the molecule is O=C([O-])COc1ccccc1.[K+]. The molecule has 3 nitrogen and oxygen atoms in total. The fourth-order valence-corrected chi connectivity index (χ4v) is 0.659. The minimum absolute atomic E-state index is 0. The van der Waals surface area contributed by atoms with Crippen molar-refractivity contribution in [3.63, 3.8) is 0 Å². The van der Waals surface area contributed by atoms with E-state index < -0.39 is 12.6 Å². The third-order valence-electron chi connectivity index (χ3n) is 1.10. The number of hydrogen-bond donors (Lipinski definition) is 0. The first kappa shape index (κ1) is 12.1. The summed E-state index contributed by atoms with van der Waals surface area (Å²) in [4.78, 5) is 9.94. The van der Waals surface area contributed by atoms with Gasteiger partial charge in [0.05, 0.1) is 5.97 Å². The number of carboxylic acid groups (broad SMARTS) is 1. The Kier molecular flexibility index (Phi) is 6.69. The van der Waals surface area contributed by atoms with E-state index in [2.05, 4.69) is 0 Å². The maximum Gasteiger partial charge on any atom is 1.00 e. The van der Waals surface area contributed by atoms with Gasteiger partial charge in [0.25, 0.3) is 0 Å². The molecule has 58 valence electrons. The summed E-state index contributed by atoms with van der Waals surface area (Å²) in [6.45, 7) is -0.399. The number of carboxylic acids is 1. The van der Waals surface area contributed by atoms with Crippen molar-refractivity contribution in [2.75, 3.05) is 6.61 Å². The smallest absolute Gasteiger partial charge is 0.546 e. The molecule has 1 aromatic carbocycles. The van der Waals surface area contributed by atoms with Crippen LogP contribution in [0.25, 0.3) is 0 Å². The summed E-state index contributed by atoms with van der Waals surface area (Å²) in [7, 11) is 0. The summed E-state index contributed by atoms with van der Waals surface area (Å²) >= 11 is 0. The molecule has 12 heavy (non-hydrogen) atoms. The summed E-state index contributed by atoms with van der Waals surface area (Å²) in [6.07, 6.45) is 0. The quantitative estimate of drug-likeness (QED) is 0.472. The van der Waals surface area contributed by atoms with Gasteiger partial charge in [-0.2, -0.15) is 0 Å². The zero-order valence-corrected chi connectivity index (χ0v) is 9.94. The largest absolute Gasteiger partial charge is 1.00 e. The van der Waals surface area contributed by atoms with Gasteiger partial charge in [0.1, 0.15) is 12.4 Å². The van der Waals surface area contributed by atoms with Crippen LogP contribution in [0.4, 0.5) is 0 Å². The normalized spacial score (nSPS) is 8.33. The molecule has 0 saturated heterocycles. The molecular formula is C8H7KO3. The van der Waals surface area contributed by atoms with Gasteiger partial charge in [-0.3, -0.25) is 0 Å². The first-order chi connectivity index (χ1) is 5.29. The molecule has 0 spiro atoms. The molecule has 1 rings (SSSR count). The topological polar surface area (TPSA) is 49.4 Å². The number of carbonyl (C=O) groups is 1. The predicted molar refractivity (Wildman–Crippen MR) is 36.9 cm³/mol. The van der Waals surface area contributed by atoms with Gasteiger partial charge in [-0.05, 0) is 12.1 Å². The third kappa shape index (κ3) is 4.90. The van der Waals surface area contributed by atoms with Gasteiger partial charge < -0.3 is 14.6 Å². The first-order valence-electron chi connectivity index (χ1n) is 3.17. The Balaban J connectivity index is 0.00000121. The van der Waals surface area contributed by atoms with Crippen LogP contribution in [0.1, 0.15) is 0 Å². The van der Waals surface area contributed by atoms with Gasteiger partial charge in [-0.15, -0.1) is 0 Å². The van der Waals surface area contributed by atoms with Crippen LogP contribution in [0.5, 0.6) is 5.75 Å². The summed E-state index contributed by atoms with van der Waals surface area (Å²) in [6, 6.07) is 8.73. The average Bonchev–Trinajstić information content (AvgIpc) is 2.03. The first-order valence-corrected chi connectivity index (χ1v) is 3.17. The molecule has 0 aromatic heterocycles. The van der Waals surface area contributed by atoms with Crippen LogP contribution in [-0.4, -0.2) is 12.6 Å². The number of ether oxygens (including phenoxy) is 1. The molecule has 0 fully saturated rings. The third-order valence-corrected chi connectivity index (χ3v) is 1.10. The maximum absolute atomic E-state index is 9.94. The molecule has 0 saturated carbocycles. The summed E-state index contributed by atoms with van der Waals surface area (Å²) in [5, 5.41) is 9.94. The molecule has 0 N–H and O–H groups in total. The molecule has 0 heterocycles. The van der Waals surface area contributed by atoms with E-state index in [0.717, 1.165) is 0 Å². The molecule has 0 unspecified atom stereocenters. The Morgan fingerprint density at radius 1 is 1.33 bits per heavy atom. The van der Waals surface area contributed by atoms with Crippen molar-refractivity contribution >= 4 is 5.97 Å². The standard InChI is InChI=1S/C8H8O3.K/c9-8(10)6-11-7-4-2-1-3-5-7;/h1-5H,6H2,(H,9,10);/q;+1/p-1. The summed E-state index contributed by atoms with van der Waals surface area (Å²) in [5.74, 6) is -0.675. The predicted octanol–water partition coefficient (Wildman–Crippen LogP) is -3.18. The summed E-state index contributed by atoms with van der Waals surface area (Å²) in [5.41, 5.74) is 0. The van der Waals surface area contributed by atoms with E-state index in [1.165, 1.54) is 0 Å². The van der Waals surface area contributed by atoms with Gasteiger partial charge in [0, 0.05) is 0 Å². The molecule has 0 aliphatic heterocycles. The number of hydrogen-bond acceptors (Lipinski definition) is 3. The zero-order chi connectivity index (χ0) is 8.10. The van der Waals surface area contributed by atoms with Gasteiger partial charge in [-0.25, -0.2) is 0 Å². The van der Waals surface area contributed by atoms with Crippen molar-refractivity contribution in [1.82, 2.24) is 0 Å². The molecular weight excluding hydrogens is 183 g/mol. The van der Waals surface area contributed by atoms with Crippen molar-refractivity contribution in [3.05, 3.63) is 30.3 Å². The van der Waals surface area contributed by atoms with Gasteiger partial charge >= 0.3 is 51.4 Å². The number of para-hydroxylation sites is 1.